The van der Waals surface area contributed by atoms with Gasteiger partial charge >= 0.3 is 5.97 Å². The van der Waals surface area contributed by atoms with Gasteiger partial charge in [-0.3, -0.25) is 4.79 Å². The summed E-state index contributed by atoms with van der Waals surface area (Å²) in [6.07, 6.45) is 0.527. The molecule has 2 saturated carbocycles. The van der Waals surface area contributed by atoms with E-state index in [2.05, 4.69) is 0 Å². The number of carboxylic acids is 1. The van der Waals surface area contributed by atoms with Crippen molar-refractivity contribution in [3.63, 3.8) is 0 Å². The van der Waals surface area contributed by atoms with Crippen molar-refractivity contribution >= 4 is 39.2 Å². The van der Waals surface area contributed by atoms with Crippen LogP contribution in [0.15, 0.2) is 84.0 Å². The second-order valence-electron chi connectivity index (χ2n) is 13.4. The Morgan fingerprint density at radius 2 is 1.37 bits per heavy atom. The van der Waals surface area contributed by atoms with Gasteiger partial charge < -0.3 is 24.6 Å². The fraction of sp³-hybridized carbons (Fsp3) is 0.351. The number of alkyl halides is 1. The Labute approximate surface area is 312 Å². The number of carbonyl (C=O) groups excluding carboxylic acids is 1. The van der Waals surface area contributed by atoms with Gasteiger partial charge in [-0.25, -0.2) is 35.2 Å². The number of anilines is 1. The lowest BCUT2D eigenvalue weighted by Gasteiger charge is -2.31. The van der Waals surface area contributed by atoms with Crippen molar-refractivity contribution in [3.8, 4) is 17.2 Å². The minimum absolute atomic E-state index is 0.120. The molecule has 3 aliphatic rings. The van der Waals surface area contributed by atoms with Crippen LogP contribution < -0.4 is 14.4 Å². The van der Waals surface area contributed by atoms with Crippen LogP contribution in [-0.2, 0) is 27.9 Å². The highest BCUT2D eigenvalue weighted by molar-refractivity contribution is 7.90. The van der Waals surface area contributed by atoms with Crippen LogP contribution in [0.4, 0.5) is 27.6 Å². The van der Waals surface area contributed by atoms with E-state index in [0.717, 1.165) is 42.7 Å². The van der Waals surface area contributed by atoms with Crippen molar-refractivity contribution in [1.29, 1.82) is 0 Å². The molecule has 0 radical (unpaired) electrons. The third-order valence-corrected chi connectivity index (χ3v) is 11.4. The first-order valence-electron chi connectivity index (χ1n) is 16.9. The molecule has 3 aliphatic carbocycles. The Hall–Kier alpha value is -4.67. The minimum Gasteiger partial charge on any atom is -0.507 e. The fourth-order valence-corrected chi connectivity index (χ4v) is 7.54. The lowest BCUT2D eigenvalue weighted by atomic mass is 10.1. The van der Waals surface area contributed by atoms with Crippen molar-refractivity contribution in [2.24, 2.45) is 11.8 Å². The quantitative estimate of drug-likeness (QED) is 0.141. The first-order chi connectivity index (χ1) is 25.6. The predicted octanol–water partition coefficient (Wildman–Crippen LogP) is 7.71. The molecular formula is C37H34ClF5N2O8S. The van der Waals surface area contributed by atoms with E-state index in [1.165, 1.54) is 30.3 Å². The average molecular weight is 797 g/mol. The molecule has 2 unspecified atom stereocenters. The van der Waals surface area contributed by atoms with Gasteiger partial charge in [0, 0.05) is 29.4 Å². The molecule has 2 atom stereocenters. The molecular weight excluding hydrogens is 763 g/mol. The summed E-state index contributed by atoms with van der Waals surface area (Å²) in [5.74, 6) is -11.7. The molecule has 0 heterocycles. The number of aromatic hydroxyl groups is 1. The van der Waals surface area contributed by atoms with Gasteiger partial charge in [0.05, 0.1) is 26.3 Å². The number of ether oxygens (including phenoxy) is 2. The SMILES string of the molecule is O=C(O)c1ccc(N(Cc2cc(OCC3CC3)cc(OCC3CC3)c2)C(=O)CN(Cc2ccc(Cl)cc2)S(=O)(=O)C2C(F)=C(F)C(F)=C(F)C2F)cc1O. The zero-order valence-corrected chi connectivity index (χ0v) is 29.9. The standard InChI is InChI=1S/C37H34ClF5N2O8S/c38-24-7-5-20(6-8-24)15-44(54(50,51)36-34(42)32(40)31(39)33(41)35(36)43)17-30(47)45(25-9-10-28(37(48)49)29(46)13-25)16-23-11-26(52-18-21-1-2-21)14-27(12-23)53-19-22-3-4-22/h5-14,21-22,34,36,46H,1-4,15-19H2,(H,48,49). The number of amides is 1. The van der Waals surface area contributed by atoms with Crippen LogP contribution in [0, 0.1) is 11.8 Å². The summed E-state index contributed by atoms with van der Waals surface area (Å²) in [5, 5.41) is 17.0. The number of benzene rings is 3. The summed E-state index contributed by atoms with van der Waals surface area (Å²) in [4.78, 5) is 27.0. The van der Waals surface area contributed by atoms with Crippen LogP contribution in [-0.4, -0.2) is 66.0 Å². The van der Waals surface area contributed by atoms with E-state index in [9.17, 15) is 41.4 Å². The zero-order valence-electron chi connectivity index (χ0n) is 28.4. The Morgan fingerprint density at radius 3 is 1.91 bits per heavy atom. The molecule has 0 bridgehead atoms. The van der Waals surface area contributed by atoms with Gasteiger partial charge in [0.15, 0.2) is 34.7 Å². The maximum absolute atomic E-state index is 15.1. The number of phenols is 1. The van der Waals surface area contributed by atoms with Gasteiger partial charge in [-0.15, -0.1) is 0 Å². The second-order valence-corrected chi connectivity index (χ2v) is 15.9. The highest BCUT2D eigenvalue weighted by atomic mass is 35.5. The van der Waals surface area contributed by atoms with E-state index < -0.39 is 81.0 Å². The second kappa shape index (κ2) is 16.0. The third-order valence-electron chi connectivity index (χ3n) is 9.10. The normalized spacial score (nSPS) is 18.9. The Balaban J connectivity index is 1.39. The van der Waals surface area contributed by atoms with Crippen LogP contribution >= 0.6 is 11.6 Å². The Bertz CT molecular complexity index is 2070. The summed E-state index contributed by atoms with van der Waals surface area (Å²) in [7, 11) is -5.57. The van der Waals surface area contributed by atoms with Crippen molar-refractivity contribution in [3.05, 3.63) is 106 Å². The van der Waals surface area contributed by atoms with Crippen LogP contribution in [0.3, 0.4) is 0 Å². The van der Waals surface area contributed by atoms with Crippen LogP contribution in [0.2, 0.25) is 5.02 Å². The maximum Gasteiger partial charge on any atom is 0.339 e. The van der Waals surface area contributed by atoms with Crippen LogP contribution in [0.1, 0.15) is 47.2 Å². The Morgan fingerprint density at radius 1 is 0.796 bits per heavy atom. The molecule has 2 fully saturated rings. The van der Waals surface area contributed by atoms with E-state index in [1.807, 2.05) is 0 Å². The molecule has 0 aromatic heterocycles. The number of carbonyl (C=O) groups is 2. The fourth-order valence-electron chi connectivity index (χ4n) is 5.69. The Kier molecular flexibility index (Phi) is 11.5. The van der Waals surface area contributed by atoms with Crippen molar-refractivity contribution in [2.75, 3.05) is 24.7 Å². The summed E-state index contributed by atoms with van der Waals surface area (Å²) >= 11 is 5.96. The number of hydrogen-bond acceptors (Lipinski definition) is 7. The number of aromatic carboxylic acids is 1. The molecule has 3 aromatic rings. The molecule has 1 amide bonds. The summed E-state index contributed by atoms with van der Waals surface area (Å²) in [6, 6.07) is 13.5. The number of nitrogens with zero attached hydrogens (tertiary/aromatic N) is 2. The summed E-state index contributed by atoms with van der Waals surface area (Å²) in [5.41, 5.74) is -0.0966. The molecule has 0 spiro atoms. The highest BCUT2D eigenvalue weighted by Gasteiger charge is 2.50. The molecule has 3 aromatic carbocycles. The van der Waals surface area contributed by atoms with Crippen molar-refractivity contribution < 1.29 is 59.6 Å². The number of rotatable bonds is 16. The topological polar surface area (TPSA) is 134 Å². The number of sulfonamides is 1. The number of halogens is 6. The molecule has 17 heteroatoms. The summed E-state index contributed by atoms with van der Waals surface area (Å²) in [6.45, 7) is -1.48. The average Bonchev–Trinajstić information content (AvgIpc) is 4.07. The van der Waals surface area contributed by atoms with E-state index in [1.54, 1.807) is 18.2 Å². The predicted molar refractivity (Wildman–Crippen MR) is 187 cm³/mol. The van der Waals surface area contributed by atoms with E-state index in [4.69, 9.17) is 21.1 Å². The van der Waals surface area contributed by atoms with E-state index in [-0.39, 0.29) is 27.1 Å². The summed E-state index contributed by atoms with van der Waals surface area (Å²) < 4.78 is 113. The molecule has 10 nitrogen and oxygen atoms in total. The molecule has 54 heavy (non-hydrogen) atoms. The van der Waals surface area contributed by atoms with Crippen LogP contribution in [0.5, 0.6) is 17.2 Å². The highest BCUT2D eigenvalue weighted by Crippen LogP contribution is 2.41. The van der Waals surface area contributed by atoms with Gasteiger partial charge in [0.25, 0.3) is 0 Å². The molecule has 288 valence electrons. The van der Waals surface area contributed by atoms with Gasteiger partial charge in [-0.2, -0.15) is 4.31 Å². The molecule has 0 aliphatic heterocycles. The minimum atomic E-state index is -5.57. The van der Waals surface area contributed by atoms with Gasteiger partial charge in [-0.05, 0) is 85.0 Å². The smallest absolute Gasteiger partial charge is 0.339 e. The lowest BCUT2D eigenvalue weighted by Crippen LogP contribution is -2.49. The molecule has 2 N–H and O–H groups in total. The van der Waals surface area contributed by atoms with Crippen molar-refractivity contribution in [1.82, 2.24) is 4.31 Å². The monoisotopic (exact) mass is 796 g/mol. The third kappa shape index (κ3) is 8.99. The van der Waals surface area contributed by atoms with Crippen LogP contribution in [0.25, 0.3) is 0 Å². The number of hydrogen-bond donors (Lipinski definition) is 2. The first kappa shape index (κ1) is 39.0. The van der Waals surface area contributed by atoms with Crippen molar-refractivity contribution in [2.45, 2.75) is 50.2 Å². The zero-order chi connectivity index (χ0) is 38.9. The van der Waals surface area contributed by atoms with E-state index >= 15 is 8.78 Å². The number of carboxylic acid groups (broad SMARTS) is 1. The number of allylic oxidation sites excluding steroid dienone is 3. The van der Waals surface area contributed by atoms with Gasteiger partial charge in [-0.1, -0.05) is 23.7 Å². The van der Waals surface area contributed by atoms with E-state index in [0.29, 0.717) is 42.1 Å². The lowest BCUT2D eigenvalue weighted by molar-refractivity contribution is -0.119. The first-order valence-corrected chi connectivity index (χ1v) is 18.7. The molecule has 6 rings (SSSR count). The van der Waals surface area contributed by atoms with Gasteiger partial charge in [0.2, 0.25) is 15.9 Å². The largest absolute Gasteiger partial charge is 0.507 e. The van der Waals surface area contributed by atoms with Gasteiger partial charge in [0.1, 0.15) is 22.8 Å². The molecule has 0 saturated heterocycles. The maximum atomic E-state index is 15.1.